The summed E-state index contributed by atoms with van der Waals surface area (Å²) in [6, 6.07) is 6.32. The van der Waals surface area contributed by atoms with E-state index in [2.05, 4.69) is 21.7 Å². The number of likely N-dealkylation sites (tertiary alicyclic amines) is 1. The second-order valence-corrected chi connectivity index (χ2v) is 6.54. The predicted octanol–water partition coefficient (Wildman–Crippen LogP) is 1.74. The van der Waals surface area contributed by atoms with Crippen LogP contribution in [0, 0.1) is 0 Å². The van der Waals surface area contributed by atoms with Crippen molar-refractivity contribution >= 4 is 12.1 Å². The van der Waals surface area contributed by atoms with Crippen molar-refractivity contribution in [2.75, 3.05) is 40.1 Å². The lowest BCUT2D eigenvalue weighted by molar-refractivity contribution is 0.0963. The zero-order chi connectivity index (χ0) is 19.1. The maximum absolute atomic E-state index is 11.8. The molecule has 8 nitrogen and oxygen atoms in total. The van der Waals surface area contributed by atoms with Gasteiger partial charge in [-0.3, -0.25) is 4.99 Å². The number of nitrogens with zero attached hydrogens (tertiary/aromatic N) is 2. The molecule has 27 heavy (non-hydrogen) atoms. The van der Waals surface area contributed by atoms with Crippen molar-refractivity contribution < 1.29 is 19.0 Å². The van der Waals surface area contributed by atoms with Gasteiger partial charge in [0, 0.05) is 32.7 Å². The van der Waals surface area contributed by atoms with Crippen LogP contribution in [0.5, 0.6) is 11.5 Å². The SMILES string of the molecule is CCOC(=O)N1CCC(NC(=NC)NCCc2ccc3c(c2)OCO3)CC1. The van der Waals surface area contributed by atoms with Crippen LogP contribution in [-0.2, 0) is 11.2 Å². The first-order valence-corrected chi connectivity index (χ1v) is 9.47. The van der Waals surface area contributed by atoms with Crippen LogP contribution >= 0.6 is 0 Å². The molecule has 2 aliphatic rings. The molecular formula is C19H28N4O4. The maximum atomic E-state index is 11.8. The Morgan fingerprint density at radius 2 is 2.07 bits per heavy atom. The van der Waals surface area contributed by atoms with Gasteiger partial charge in [0.2, 0.25) is 6.79 Å². The van der Waals surface area contributed by atoms with Gasteiger partial charge in [-0.15, -0.1) is 0 Å². The average molecular weight is 376 g/mol. The van der Waals surface area contributed by atoms with E-state index in [-0.39, 0.29) is 6.09 Å². The Balaban J connectivity index is 1.39. The predicted molar refractivity (Wildman–Crippen MR) is 102 cm³/mol. The van der Waals surface area contributed by atoms with E-state index < -0.39 is 0 Å². The summed E-state index contributed by atoms with van der Waals surface area (Å²) in [5, 5.41) is 6.79. The van der Waals surface area contributed by atoms with Crippen LogP contribution in [0.3, 0.4) is 0 Å². The number of piperidine rings is 1. The molecular weight excluding hydrogens is 348 g/mol. The van der Waals surface area contributed by atoms with E-state index in [0.717, 1.165) is 43.3 Å². The van der Waals surface area contributed by atoms with Crippen LogP contribution < -0.4 is 20.1 Å². The summed E-state index contributed by atoms with van der Waals surface area (Å²) in [4.78, 5) is 17.8. The highest BCUT2D eigenvalue weighted by Crippen LogP contribution is 2.32. The van der Waals surface area contributed by atoms with Crippen molar-refractivity contribution in [2.24, 2.45) is 4.99 Å². The van der Waals surface area contributed by atoms with Gasteiger partial charge in [-0.25, -0.2) is 4.79 Å². The van der Waals surface area contributed by atoms with Gasteiger partial charge in [-0.2, -0.15) is 0 Å². The van der Waals surface area contributed by atoms with Crippen molar-refractivity contribution in [3.63, 3.8) is 0 Å². The minimum Gasteiger partial charge on any atom is -0.454 e. The van der Waals surface area contributed by atoms with Gasteiger partial charge < -0.3 is 29.7 Å². The molecule has 1 saturated heterocycles. The molecule has 2 N–H and O–H groups in total. The van der Waals surface area contributed by atoms with Crippen LogP contribution in [0.15, 0.2) is 23.2 Å². The summed E-state index contributed by atoms with van der Waals surface area (Å²) < 4.78 is 15.8. The highest BCUT2D eigenvalue weighted by molar-refractivity contribution is 5.80. The van der Waals surface area contributed by atoms with E-state index in [9.17, 15) is 4.79 Å². The van der Waals surface area contributed by atoms with Gasteiger partial charge in [-0.1, -0.05) is 6.07 Å². The number of fused-ring (bicyclic) bond motifs is 1. The summed E-state index contributed by atoms with van der Waals surface area (Å²) in [6.07, 6.45) is 2.39. The van der Waals surface area contributed by atoms with Gasteiger partial charge in [0.25, 0.3) is 0 Å². The number of benzene rings is 1. The van der Waals surface area contributed by atoms with E-state index in [1.54, 1.807) is 11.9 Å². The summed E-state index contributed by atoms with van der Waals surface area (Å²) in [7, 11) is 1.77. The number of nitrogens with one attached hydrogen (secondary N) is 2. The van der Waals surface area contributed by atoms with Crippen LogP contribution in [0.2, 0.25) is 0 Å². The highest BCUT2D eigenvalue weighted by Gasteiger charge is 2.24. The second-order valence-electron chi connectivity index (χ2n) is 6.54. The molecule has 2 aliphatic heterocycles. The summed E-state index contributed by atoms with van der Waals surface area (Å²) >= 11 is 0. The lowest BCUT2D eigenvalue weighted by atomic mass is 10.1. The summed E-state index contributed by atoms with van der Waals surface area (Å²) in [6.45, 7) is 4.70. The smallest absolute Gasteiger partial charge is 0.409 e. The monoisotopic (exact) mass is 376 g/mol. The van der Waals surface area contributed by atoms with Gasteiger partial charge in [0.05, 0.1) is 6.61 Å². The zero-order valence-corrected chi connectivity index (χ0v) is 16.0. The molecule has 3 rings (SSSR count). The fourth-order valence-corrected chi connectivity index (χ4v) is 3.23. The number of hydrogen-bond donors (Lipinski definition) is 2. The molecule has 0 saturated carbocycles. The number of amides is 1. The first-order chi connectivity index (χ1) is 13.2. The van der Waals surface area contributed by atoms with Crippen molar-refractivity contribution in [3.05, 3.63) is 23.8 Å². The van der Waals surface area contributed by atoms with Gasteiger partial charge >= 0.3 is 6.09 Å². The van der Waals surface area contributed by atoms with Crippen LogP contribution in [0.1, 0.15) is 25.3 Å². The Hall–Kier alpha value is -2.64. The lowest BCUT2D eigenvalue weighted by Crippen LogP contribution is -2.50. The van der Waals surface area contributed by atoms with Gasteiger partial charge in [0.1, 0.15) is 0 Å². The topological polar surface area (TPSA) is 84.4 Å². The van der Waals surface area contributed by atoms with Gasteiger partial charge in [-0.05, 0) is 43.9 Å². The Morgan fingerprint density at radius 1 is 1.30 bits per heavy atom. The minimum atomic E-state index is -0.220. The maximum Gasteiger partial charge on any atom is 0.409 e. The number of aliphatic imine (C=N–C) groups is 1. The molecule has 0 bridgehead atoms. The third-order valence-electron chi connectivity index (χ3n) is 4.73. The quantitative estimate of drug-likeness (QED) is 0.602. The Kier molecular flexibility index (Phi) is 6.62. The molecule has 0 aliphatic carbocycles. The molecule has 0 aromatic heterocycles. The highest BCUT2D eigenvalue weighted by atomic mass is 16.7. The Morgan fingerprint density at radius 3 is 2.81 bits per heavy atom. The molecule has 2 heterocycles. The fourth-order valence-electron chi connectivity index (χ4n) is 3.23. The third-order valence-corrected chi connectivity index (χ3v) is 4.73. The van der Waals surface area contributed by atoms with Crippen molar-refractivity contribution in [1.82, 2.24) is 15.5 Å². The van der Waals surface area contributed by atoms with E-state index >= 15 is 0 Å². The van der Waals surface area contributed by atoms with Crippen LogP contribution in [0.4, 0.5) is 4.79 Å². The summed E-state index contributed by atoms with van der Waals surface area (Å²) in [5.41, 5.74) is 1.19. The van der Waals surface area contributed by atoms with E-state index in [1.165, 1.54) is 5.56 Å². The molecule has 1 aromatic rings. The zero-order valence-electron chi connectivity index (χ0n) is 16.0. The molecule has 1 amide bonds. The largest absolute Gasteiger partial charge is 0.454 e. The molecule has 0 radical (unpaired) electrons. The third kappa shape index (κ3) is 5.18. The minimum absolute atomic E-state index is 0.220. The number of carbonyl (C=O) groups is 1. The van der Waals surface area contributed by atoms with E-state index in [0.29, 0.717) is 32.5 Å². The van der Waals surface area contributed by atoms with Crippen LogP contribution in [-0.4, -0.2) is 63.1 Å². The van der Waals surface area contributed by atoms with E-state index in [1.807, 2.05) is 19.1 Å². The number of ether oxygens (including phenoxy) is 3. The van der Waals surface area contributed by atoms with Crippen LogP contribution in [0.25, 0.3) is 0 Å². The molecule has 1 aromatic carbocycles. The normalized spacial score (nSPS) is 17.0. The van der Waals surface area contributed by atoms with E-state index in [4.69, 9.17) is 14.2 Å². The molecule has 0 atom stereocenters. The first kappa shape index (κ1) is 19.1. The molecule has 0 spiro atoms. The summed E-state index contributed by atoms with van der Waals surface area (Å²) in [5.74, 6) is 2.40. The molecule has 8 heteroatoms. The Labute approximate surface area is 159 Å². The first-order valence-electron chi connectivity index (χ1n) is 9.47. The number of rotatable bonds is 5. The van der Waals surface area contributed by atoms with Gasteiger partial charge in [0.15, 0.2) is 17.5 Å². The number of guanidine groups is 1. The molecule has 148 valence electrons. The second kappa shape index (κ2) is 9.34. The van der Waals surface area contributed by atoms with Crippen molar-refractivity contribution in [1.29, 1.82) is 0 Å². The standard InChI is InChI=1S/C19H28N4O4/c1-3-25-19(24)23-10-7-15(8-11-23)22-18(20-2)21-9-6-14-4-5-16-17(12-14)27-13-26-16/h4-5,12,15H,3,6-11,13H2,1-2H3,(H2,20,21,22). The van der Waals surface area contributed by atoms with Crippen molar-refractivity contribution in [2.45, 2.75) is 32.2 Å². The Bertz CT molecular complexity index is 672. The molecule has 0 unspecified atom stereocenters. The number of hydrogen-bond acceptors (Lipinski definition) is 5. The lowest BCUT2D eigenvalue weighted by Gasteiger charge is -2.32. The fraction of sp³-hybridized carbons (Fsp3) is 0.579. The average Bonchev–Trinajstić information content (AvgIpc) is 3.15. The molecule has 1 fully saturated rings. The van der Waals surface area contributed by atoms with Crippen molar-refractivity contribution in [3.8, 4) is 11.5 Å². The number of carbonyl (C=O) groups excluding carboxylic acids is 1.